The summed E-state index contributed by atoms with van der Waals surface area (Å²) in [4.78, 5) is 15.6. The lowest BCUT2D eigenvalue weighted by Gasteiger charge is -2.38. The Morgan fingerprint density at radius 2 is 1.47 bits per heavy atom. The molecule has 5 aromatic rings. The number of benzene rings is 4. The lowest BCUT2D eigenvalue weighted by Crippen LogP contribution is -2.42. The van der Waals surface area contributed by atoms with Crippen molar-refractivity contribution in [3.63, 3.8) is 0 Å². The number of carbonyl (C=O) groups excluding carboxylic acids is 1. The summed E-state index contributed by atoms with van der Waals surface area (Å²) in [6.07, 6.45) is 1.47. The number of hydrogen-bond acceptors (Lipinski definition) is 3. The van der Waals surface area contributed by atoms with Crippen molar-refractivity contribution >= 4 is 11.6 Å². The summed E-state index contributed by atoms with van der Waals surface area (Å²) >= 11 is 0. The predicted molar refractivity (Wildman–Crippen MR) is 138 cm³/mol. The maximum absolute atomic E-state index is 13.8. The van der Waals surface area contributed by atoms with Crippen molar-refractivity contribution < 1.29 is 9.18 Å². The summed E-state index contributed by atoms with van der Waals surface area (Å²) in [7, 11) is 0. The van der Waals surface area contributed by atoms with E-state index in [9.17, 15) is 9.18 Å². The van der Waals surface area contributed by atoms with Gasteiger partial charge in [-0.25, -0.2) is 9.07 Å². The molecule has 6 heteroatoms. The van der Waals surface area contributed by atoms with E-state index >= 15 is 0 Å². The number of rotatable bonds is 5. The second kappa shape index (κ2) is 9.15. The molecule has 0 spiro atoms. The number of aromatic nitrogens is 2. The quantitative estimate of drug-likeness (QED) is 0.319. The largest absolute Gasteiger partial charge is 0.361 e. The minimum absolute atomic E-state index is 0.0595. The average molecular weight is 475 g/mol. The van der Waals surface area contributed by atoms with E-state index in [1.54, 1.807) is 16.8 Å². The first-order chi connectivity index (χ1) is 17.7. The van der Waals surface area contributed by atoms with Gasteiger partial charge in [0.1, 0.15) is 12.0 Å². The number of nitrogens with one attached hydrogen (secondary N) is 1. The van der Waals surface area contributed by atoms with E-state index in [4.69, 9.17) is 5.10 Å². The zero-order valence-electron chi connectivity index (χ0n) is 19.4. The maximum atomic E-state index is 13.8. The van der Waals surface area contributed by atoms with Gasteiger partial charge in [-0.3, -0.25) is 4.79 Å². The Morgan fingerprint density at radius 1 is 0.806 bits per heavy atom. The van der Waals surface area contributed by atoms with Gasteiger partial charge >= 0.3 is 0 Å². The number of amides is 1. The average Bonchev–Trinajstić information content (AvgIpc) is 3.37. The molecule has 5 nitrogen and oxygen atoms in total. The fourth-order valence-corrected chi connectivity index (χ4v) is 4.61. The van der Waals surface area contributed by atoms with Gasteiger partial charge in [0, 0.05) is 29.6 Å². The van der Waals surface area contributed by atoms with Crippen molar-refractivity contribution in [1.29, 1.82) is 0 Å². The molecule has 1 aromatic heterocycles. The van der Waals surface area contributed by atoms with Gasteiger partial charge in [-0.05, 0) is 54.1 Å². The Bertz CT molecular complexity index is 1510. The molecule has 1 aliphatic heterocycles. The summed E-state index contributed by atoms with van der Waals surface area (Å²) in [5.41, 5.74) is 5.59. The summed E-state index contributed by atoms with van der Waals surface area (Å²) in [5, 5.41) is 8.47. The number of hydrogen-bond donors (Lipinski definition) is 1. The molecule has 1 atom stereocenters. The SMILES string of the molecule is O=C1c2ccccc2NC(c2cn(-c3ccccc3)nc2-c2ccc(F)cc2)N1Cc1ccccc1. The maximum Gasteiger partial charge on any atom is 0.258 e. The molecule has 4 aromatic carbocycles. The van der Waals surface area contributed by atoms with E-state index in [0.29, 0.717) is 17.8 Å². The van der Waals surface area contributed by atoms with Crippen LogP contribution in [0.5, 0.6) is 0 Å². The van der Waals surface area contributed by atoms with Crippen LogP contribution in [0.1, 0.15) is 27.7 Å². The van der Waals surface area contributed by atoms with Crippen LogP contribution in [-0.4, -0.2) is 20.6 Å². The summed E-state index contributed by atoms with van der Waals surface area (Å²) in [6.45, 7) is 0.422. The molecular weight excluding hydrogens is 451 g/mol. The molecule has 0 saturated carbocycles. The molecule has 6 rings (SSSR count). The number of halogens is 1. The van der Waals surface area contributed by atoms with Crippen molar-refractivity contribution in [2.24, 2.45) is 0 Å². The van der Waals surface area contributed by atoms with E-state index in [0.717, 1.165) is 28.1 Å². The molecule has 0 saturated heterocycles. The molecule has 2 heterocycles. The van der Waals surface area contributed by atoms with Crippen molar-refractivity contribution in [3.05, 3.63) is 138 Å². The third kappa shape index (κ3) is 4.03. The molecule has 36 heavy (non-hydrogen) atoms. The van der Waals surface area contributed by atoms with Gasteiger partial charge < -0.3 is 10.2 Å². The summed E-state index contributed by atoms with van der Waals surface area (Å²) in [6, 6.07) is 33.6. The van der Waals surface area contributed by atoms with Crippen LogP contribution >= 0.6 is 0 Å². The normalized spacial score (nSPS) is 14.9. The highest BCUT2D eigenvalue weighted by atomic mass is 19.1. The molecule has 0 fully saturated rings. The molecule has 0 aliphatic carbocycles. The molecule has 1 unspecified atom stereocenters. The number of para-hydroxylation sites is 2. The number of fused-ring (bicyclic) bond motifs is 1. The van der Waals surface area contributed by atoms with Gasteiger partial charge in [0.15, 0.2) is 0 Å². The molecule has 176 valence electrons. The first kappa shape index (κ1) is 21.8. The van der Waals surface area contributed by atoms with E-state index in [1.165, 1.54) is 12.1 Å². The molecule has 0 radical (unpaired) electrons. The highest BCUT2D eigenvalue weighted by Crippen LogP contribution is 2.38. The van der Waals surface area contributed by atoms with Crippen molar-refractivity contribution in [2.45, 2.75) is 12.7 Å². The Kier molecular flexibility index (Phi) is 5.54. The summed E-state index contributed by atoms with van der Waals surface area (Å²) in [5.74, 6) is -0.371. The van der Waals surface area contributed by atoms with Gasteiger partial charge in [-0.2, -0.15) is 5.10 Å². The predicted octanol–water partition coefficient (Wildman–Crippen LogP) is 6.45. The lowest BCUT2D eigenvalue weighted by molar-refractivity contribution is 0.0667. The Hall–Kier alpha value is -4.71. The highest BCUT2D eigenvalue weighted by molar-refractivity contribution is 6.01. The van der Waals surface area contributed by atoms with Gasteiger partial charge in [0.05, 0.1) is 16.9 Å². The zero-order chi connectivity index (χ0) is 24.5. The van der Waals surface area contributed by atoms with Crippen LogP contribution in [0.4, 0.5) is 10.1 Å². The Balaban J connectivity index is 1.52. The Labute approximate surface area is 208 Å². The Morgan fingerprint density at radius 3 is 2.22 bits per heavy atom. The monoisotopic (exact) mass is 474 g/mol. The summed E-state index contributed by atoms with van der Waals surface area (Å²) < 4.78 is 15.6. The van der Waals surface area contributed by atoms with Crippen molar-refractivity contribution in [3.8, 4) is 16.9 Å². The minimum Gasteiger partial charge on any atom is -0.361 e. The first-order valence-corrected chi connectivity index (χ1v) is 11.8. The zero-order valence-corrected chi connectivity index (χ0v) is 19.4. The van der Waals surface area contributed by atoms with Gasteiger partial charge in [-0.15, -0.1) is 0 Å². The molecule has 1 aliphatic rings. The van der Waals surface area contributed by atoms with Crippen LogP contribution in [0.3, 0.4) is 0 Å². The minimum atomic E-state index is -0.481. The van der Waals surface area contributed by atoms with Crippen LogP contribution in [0, 0.1) is 5.82 Å². The van der Waals surface area contributed by atoms with Crippen molar-refractivity contribution in [1.82, 2.24) is 14.7 Å². The number of nitrogens with zero attached hydrogens (tertiary/aromatic N) is 3. The van der Waals surface area contributed by atoms with E-state index in [-0.39, 0.29) is 11.7 Å². The van der Waals surface area contributed by atoms with Gasteiger partial charge in [-0.1, -0.05) is 60.7 Å². The first-order valence-electron chi connectivity index (χ1n) is 11.8. The topological polar surface area (TPSA) is 50.2 Å². The van der Waals surface area contributed by atoms with E-state index < -0.39 is 6.17 Å². The van der Waals surface area contributed by atoms with Crippen LogP contribution < -0.4 is 5.32 Å². The molecule has 1 N–H and O–H groups in total. The molecule has 1 amide bonds. The highest BCUT2D eigenvalue weighted by Gasteiger charge is 2.35. The number of anilines is 1. The smallest absolute Gasteiger partial charge is 0.258 e. The standard InChI is InChI=1S/C30H23FN4O/c31-23-17-15-22(16-18-23)28-26(20-35(33-28)24-11-5-2-6-12-24)29-32-27-14-8-7-13-25(27)30(36)34(29)19-21-9-3-1-4-10-21/h1-18,20,29,32H,19H2. The van der Waals surface area contributed by atoms with Crippen LogP contribution in [0.15, 0.2) is 115 Å². The lowest BCUT2D eigenvalue weighted by atomic mass is 10.0. The van der Waals surface area contributed by atoms with Crippen LogP contribution in [0.25, 0.3) is 16.9 Å². The van der Waals surface area contributed by atoms with Crippen molar-refractivity contribution in [2.75, 3.05) is 5.32 Å². The van der Waals surface area contributed by atoms with E-state index in [1.807, 2.05) is 96.0 Å². The third-order valence-corrected chi connectivity index (χ3v) is 6.39. The van der Waals surface area contributed by atoms with Crippen LogP contribution in [-0.2, 0) is 6.54 Å². The third-order valence-electron chi connectivity index (χ3n) is 6.39. The second-order valence-corrected chi connectivity index (χ2v) is 8.73. The van der Waals surface area contributed by atoms with E-state index in [2.05, 4.69) is 5.32 Å². The van der Waals surface area contributed by atoms with Gasteiger partial charge in [0.25, 0.3) is 5.91 Å². The second-order valence-electron chi connectivity index (χ2n) is 8.73. The van der Waals surface area contributed by atoms with Crippen LogP contribution in [0.2, 0.25) is 0 Å². The van der Waals surface area contributed by atoms with Gasteiger partial charge in [0.2, 0.25) is 0 Å². The molecule has 0 bridgehead atoms. The fraction of sp³-hybridized carbons (Fsp3) is 0.0667. The fourth-order valence-electron chi connectivity index (χ4n) is 4.61. The molecular formula is C30H23FN4O. The number of carbonyl (C=O) groups is 1.